The van der Waals surface area contributed by atoms with E-state index in [1.807, 2.05) is 37.3 Å². The third kappa shape index (κ3) is 2.83. The zero-order valence-electron chi connectivity index (χ0n) is 11.9. The van der Waals surface area contributed by atoms with E-state index in [9.17, 15) is 4.39 Å². The van der Waals surface area contributed by atoms with E-state index >= 15 is 0 Å². The topological polar surface area (TPSA) is 35.2 Å². The Morgan fingerprint density at radius 1 is 1.10 bits per heavy atom. The number of methoxy groups -OCH3 is 1. The first-order valence-electron chi connectivity index (χ1n) is 6.76. The Morgan fingerprint density at radius 2 is 1.80 bits per heavy atom. The molecule has 1 unspecified atom stereocenters. The molecule has 1 atom stereocenters. The van der Waals surface area contributed by atoms with Crippen LogP contribution in [0.1, 0.15) is 24.5 Å². The zero-order chi connectivity index (χ0) is 14.6. The van der Waals surface area contributed by atoms with Crippen LogP contribution in [0.3, 0.4) is 0 Å². The van der Waals surface area contributed by atoms with Gasteiger partial charge < -0.3 is 10.5 Å². The predicted molar refractivity (Wildman–Crippen MR) is 79.3 cm³/mol. The normalized spacial score (nSPS) is 13.8. The second-order valence-corrected chi connectivity index (χ2v) is 4.99. The molecule has 0 heterocycles. The van der Waals surface area contributed by atoms with Crippen LogP contribution < -0.4 is 10.5 Å². The highest BCUT2D eigenvalue weighted by molar-refractivity contribution is 5.37. The number of halogens is 1. The highest BCUT2D eigenvalue weighted by Crippen LogP contribution is 2.32. The Morgan fingerprint density at radius 3 is 2.40 bits per heavy atom. The van der Waals surface area contributed by atoms with E-state index in [2.05, 4.69) is 0 Å². The Kier molecular flexibility index (Phi) is 4.40. The molecule has 0 saturated carbocycles. The van der Waals surface area contributed by atoms with Crippen molar-refractivity contribution in [3.05, 3.63) is 65.5 Å². The highest BCUT2D eigenvalue weighted by Gasteiger charge is 2.30. The number of nitrogens with two attached hydrogens (primary N) is 1. The third-order valence-electron chi connectivity index (χ3n) is 3.71. The summed E-state index contributed by atoms with van der Waals surface area (Å²) in [6.07, 6.45) is 1.24. The minimum atomic E-state index is -0.736. The summed E-state index contributed by atoms with van der Waals surface area (Å²) >= 11 is 0. The molecule has 2 nitrogen and oxygen atoms in total. The molecular weight excluding hydrogens is 253 g/mol. The number of rotatable bonds is 5. The summed E-state index contributed by atoms with van der Waals surface area (Å²) in [5.74, 6) is -0.130. The first-order valence-corrected chi connectivity index (χ1v) is 6.76. The molecule has 0 bridgehead atoms. The van der Waals surface area contributed by atoms with Crippen LogP contribution in [0.25, 0.3) is 0 Å². The van der Waals surface area contributed by atoms with Gasteiger partial charge in [0.1, 0.15) is 0 Å². The molecular formula is C17H20FNO. The largest absolute Gasteiger partial charge is 0.494 e. The van der Waals surface area contributed by atoms with Gasteiger partial charge in [-0.2, -0.15) is 0 Å². The fraction of sp³-hybridized carbons (Fsp3) is 0.294. The van der Waals surface area contributed by atoms with E-state index in [-0.39, 0.29) is 11.6 Å². The summed E-state index contributed by atoms with van der Waals surface area (Å²) in [7, 11) is 1.46. The zero-order valence-corrected chi connectivity index (χ0v) is 11.9. The van der Waals surface area contributed by atoms with Crippen molar-refractivity contribution in [1.29, 1.82) is 0 Å². The minimum absolute atomic E-state index is 0.235. The Hall–Kier alpha value is -1.87. The molecule has 3 heteroatoms. The number of ether oxygens (including phenoxy) is 1. The van der Waals surface area contributed by atoms with E-state index in [1.165, 1.54) is 7.11 Å². The van der Waals surface area contributed by atoms with Gasteiger partial charge in [0, 0.05) is 11.1 Å². The van der Waals surface area contributed by atoms with Gasteiger partial charge in [-0.15, -0.1) is 0 Å². The van der Waals surface area contributed by atoms with Crippen LogP contribution in [0.2, 0.25) is 0 Å². The number of hydrogen-bond acceptors (Lipinski definition) is 2. The summed E-state index contributed by atoms with van der Waals surface area (Å²) in [5.41, 5.74) is 7.34. The van der Waals surface area contributed by atoms with Gasteiger partial charge >= 0.3 is 0 Å². The third-order valence-corrected chi connectivity index (χ3v) is 3.71. The maximum Gasteiger partial charge on any atom is 0.170 e. The summed E-state index contributed by atoms with van der Waals surface area (Å²) in [5, 5.41) is 0. The fourth-order valence-electron chi connectivity index (χ4n) is 2.42. The molecule has 0 fully saturated rings. The summed E-state index contributed by atoms with van der Waals surface area (Å²) in [6, 6.07) is 15.0. The van der Waals surface area contributed by atoms with Gasteiger partial charge in [0.05, 0.1) is 7.11 Å². The molecule has 0 aromatic heterocycles. The Labute approximate surface area is 119 Å². The molecule has 2 aromatic rings. The second-order valence-electron chi connectivity index (χ2n) is 4.99. The number of hydrogen-bond donors (Lipinski definition) is 1. The number of benzene rings is 2. The van der Waals surface area contributed by atoms with Crippen LogP contribution in [0.4, 0.5) is 4.39 Å². The molecule has 0 amide bonds. The second kappa shape index (κ2) is 6.06. The minimum Gasteiger partial charge on any atom is -0.494 e. The lowest BCUT2D eigenvalue weighted by Gasteiger charge is -2.30. The average molecular weight is 273 g/mol. The molecule has 2 aromatic carbocycles. The van der Waals surface area contributed by atoms with Crippen LogP contribution in [0.15, 0.2) is 48.5 Å². The predicted octanol–water partition coefficient (Wildman–Crippen LogP) is 3.64. The van der Waals surface area contributed by atoms with Gasteiger partial charge in [-0.25, -0.2) is 4.39 Å². The van der Waals surface area contributed by atoms with Crippen molar-refractivity contribution in [3.63, 3.8) is 0 Å². The van der Waals surface area contributed by atoms with Crippen LogP contribution >= 0.6 is 0 Å². The van der Waals surface area contributed by atoms with Crippen molar-refractivity contribution in [2.75, 3.05) is 7.11 Å². The molecule has 0 radical (unpaired) electrons. The highest BCUT2D eigenvalue weighted by atomic mass is 19.1. The van der Waals surface area contributed by atoms with Crippen molar-refractivity contribution in [3.8, 4) is 5.75 Å². The van der Waals surface area contributed by atoms with Gasteiger partial charge in [0.15, 0.2) is 11.6 Å². The smallest absolute Gasteiger partial charge is 0.170 e. The van der Waals surface area contributed by atoms with Gasteiger partial charge in [0.25, 0.3) is 0 Å². The van der Waals surface area contributed by atoms with Crippen LogP contribution in [-0.4, -0.2) is 7.11 Å². The molecule has 20 heavy (non-hydrogen) atoms. The van der Waals surface area contributed by atoms with Gasteiger partial charge in [-0.3, -0.25) is 0 Å². The van der Waals surface area contributed by atoms with Crippen LogP contribution in [-0.2, 0) is 12.0 Å². The Bertz CT molecular complexity index is 570. The standard InChI is InChI=1S/C17H20FNO/c1-3-17(19,12-13-8-5-4-6-9-13)14-10-7-11-15(20-2)16(14)18/h4-11H,3,12,19H2,1-2H3. The lowest BCUT2D eigenvalue weighted by atomic mass is 9.82. The van der Waals surface area contributed by atoms with E-state index in [4.69, 9.17) is 10.5 Å². The van der Waals surface area contributed by atoms with Gasteiger partial charge in [0.2, 0.25) is 0 Å². The van der Waals surface area contributed by atoms with Crippen molar-refractivity contribution >= 4 is 0 Å². The van der Waals surface area contributed by atoms with Gasteiger partial charge in [-0.05, 0) is 24.5 Å². The van der Waals surface area contributed by atoms with E-state index < -0.39 is 5.54 Å². The molecule has 2 rings (SSSR count). The van der Waals surface area contributed by atoms with E-state index in [0.717, 1.165) is 5.56 Å². The first-order chi connectivity index (χ1) is 9.60. The summed E-state index contributed by atoms with van der Waals surface area (Å²) in [4.78, 5) is 0. The van der Waals surface area contributed by atoms with Crippen molar-refractivity contribution in [1.82, 2.24) is 0 Å². The van der Waals surface area contributed by atoms with E-state index in [0.29, 0.717) is 18.4 Å². The first kappa shape index (κ1) is 14.5. The molecule has 0 aliphatic carbocycles. The molecule has 0 spiro atoms. The SMILES string of the molecule is CCC(N)(Cc1ccccc1)c1cccc(OC)c1F. The lowest BCUT2D eigenvalue weighted by molar-refractivity contribution is 0.361. The van der Waals surface area contributed by atoms with Crippen LogP contribution in [0, 0.1) is 5.82 Å². The van der Waals surface area contributed by atoms with E-state index in [1.54, 1.807) is 18.2 Å². The monoisotopic (exact) mass is 273 g/mol. The molecule has 106 valence electrons. The van der Waals surface area contributed by atoms with Crippen LogP contribution in [0.5, 0.6) is 5.75 Å². The van der Waals surface area contributed by atoms with Crippen molar-refractivity contribution < 1.29 is 9.13 Å². The van der Waals surface area contributed by atoms with Crippen molar-refractivity contribution in [2.24, 2.45) is 5.73 Å². The van der Waals surface area contributed by atoms with Crippen molar-refractivity contribution in [2.45, 2.75) is 25.3 Å². The molecule has 0 aliphatic heterocycles. The lowest BCUT2D eigenvalue weighted by Crippen LogP contribution is -2.39. The molecule has 2 N–H and O–H groups in total. The summed E-state index contributed by atoms with van der Waals surface area (Å²) in [6.45, 7) is 1.97. The summed E-state index contributed by atoms with van der Waals surface area (Å²) < 4.78 is 19.5. The maximum atomic E-state index is 14.5. The average Bonchev–Trinajstić information content (AvgIpc) is 2.48. The fourth-order valence-corrected chi connectivity index (χ4v) is 2.42. The Balaban J connectivity index is 2.40. The molecule has 0 saturated heterocycles. The maximum absolute atomic E-state index is 14.5. The van der Waals surface area contributed by atoms with Gasteiger partial charge in [-0.1, -0.05) is 49.4 Å². The quantitative estimate of drug-likeness (QED) is 0.902. The molecule has 0 aliphatic rings.